The molecule has 0 atom stereocenters. The van der Waals surface area contributed by atoms with E-state index in [1.54, 1.807) is 13.8 Å². The number of nitrogens with zero attached hydrogens (tertiary/aromatic N) is 2. The van der Waals surface area contributed by atoms with Gasteiger partial charge in [-0.3, -0.25) is 4.79 Å². The fraction of sp³-hybridized carbons (Fsp3) is 0.391. The zero-order valence-corrected chi connectivity index (χ0v) is 20.3. The number of thiazole rings is 1. The molecule has 9 heteroatoms. The molecule has 3 rings (SSSR count). The van der Waals surface area contributed by atoms with Crippen molar-refractivity contribution in [3.05, 3.63) is 52.8 Å². The summed E-state index contributed by atoms with van der Waals surface area (Å²) in [6.07, 6.45) is 0. The second-order valence-electron chi connectivity index (χ2n) is 7.33. The van der Waals surface area contributed by atoms with Crippen LogP contribution in [0.25, 0.3) is 10.2 Å². The number of carbonyl (C=O) groups excluding carboxylic acids is 1. The van der Waals surface area contributed by atoms with E-state index in [1.165, 1.54) is 35.6 Å². The van der Waals surface area contributed by atoms with Crippen LogP contribution in [-0.2, 0) is 21.1 Å². The third kappa shape index (κ3) is 5.28. The van der Waals surface area contributed by atoms with E-state index in [-0.39, 0.29) is 4.90 Å². The smallest absolute Gasteiger partial charge is 0.279 e. The lowest BCUT2D eigenvalue weighted by molar-refractivity contribution is 0.0996. The third-order valence-corrected chi connectivity index (χ3v) is 8.09. The minimum atomic E-state index is -3.39. The molecular weight excluding hydrogens is 448 g/mol. The van der Waals surface area contributed by atoms with E-state index in [1.807, 2.05) is 36.6 Å². The van der Waals surface area contributed by atoms with Crippen LogP contribution in [0.4, 0.5) is 0 Å². The predicted molar refractivity (Wildman–Crippen MR) is 126 cm³/mol. The highest BCUT2D eigenvalue weighted by Gasteiger charge is 2.19. The van der Waals surface area contributed by atoms with Crippen LogP contribution in [0.5, 0.6) is 5.75 Å². The first-order valence-electron chi connectivity index (χ1n) is 10.5. The van der Waals surface area contributed by atoms with Gasteiger partial charge in [-0.25, -0.2) is 8.42 Å². The van der Waals surface area contributed by atoms with Crippen molar-refractivity contribution < 1.29 is 22.7 Å². The number of hydrogen-bond acceptors (Lipinski definition) is 6. The van der Waals surface area contributed by atoms with Gasteiger partial charge in [0.25, 0.3) is 5.91 Å². The normalized spacial score (nSPS) is 12.6. The number of benzene rings is 2. The van der Waals surface area contributed by atoms with Gasteiger partial charge in [-0.15, -0.1) is 0 Å². The molecule has 0 fully saturated rings. The molecule has 0 spiro atoms. The fourth-order valence-electron chi connectivity index (χ4n) is 3.12. The van der Waals surface area contributed by atoms with Crippen LogP contribution in [0.1, 0.15) is 38.1 Å². The Morgan fingerprint density at radius 3 is 2.44 bits per heavy atom. The molecule has 172 valence electrons. The lowest BCUT2D eigenvalue weighted by Crippen LogP contribution is -2.19. The molecule has 0 bridgehead atoms. The monoisotopic (exact) mass is 476 g/mol. The molecule has 32 heavy (non-hydrogen) atoms. The molecule has 0 aliphatic heterocycles. The van der Waals surface area contributed by atoms with E-state index in [2.05, 4.69) is 4.99 Å². The molecule has 0 N–H and O–H groups in total. The maximum absolute atomic E-state index is 12.9. The second-order valence-corrected chi connectivity index (χ2v) is 10.8. The molecule has 0 aliphatic carbocycles. The van der Waals surface area contributed by atoms with Crippen molar-refractivity contribution in [1.29, 1.82) is 0 Å². The first-order valence-corrected chi connectivity index (χ1v) is 12.9. The number of fused-ring (bicyclic) bond motifs is 1. The highest BCUT2D eigenvalue weighted by molar-refractivity contribution is 7.92. The molecule has 1 aromatic heterocycles. The number of aromatic nitrogens is 1. The van der Waals surface area contributed by atoms with Crippen molar-refractivity contribution in [1.82, 2.24) is 4.57 Å². The minimum Gasteiger partial charge on any atom is -0.494 e. The molecule has 0 radical (unpaired) electrons. The van der Waals surface area contributed by atoms with E-state index in [0.717, 1.165) is 16.0 Å². The molecule has 0 unspecified atom stereocenters. The van der Waals surface area contributed by atoms with Crippen molar-refractivity contribution in [3.63, 3.8) is 0 Å². The van der Waals surface area contributed by atoms with Crippen molar-refractivity contribution in [2.45, 2.75) is 44.4 Å². The van der Waals surface area contributed by atoms with Gasteiger partial charge in [0, 0.05) is 18.7 Å². The zero-order chi connectivity index (χ0) is 23.3. The standard InChI is InChI=1S/C23H28N2O5S2/c1-5-29-14-13-25-20-12-9-18(30-6-2)15-21(20)31-23(25)24-22(26)17-7-10-19(11-8-17)32(27,28)16(3)4/h7-12,15-16H,5-6,13-14H2,1-4H3. The van der Waals surface area contributed by atoms with Gasteiger partial charge in [0.2, 0.25) is 0 Å². The lowest BCUT2D eigenvalue weighted by atomic mass is 10.2. The molecular formula is C23H28N2O5S2. The summed E-state index contributed by atoms with van der Waals surface area (Å²) in [5, 5.41) is -0.529. The Hall–Kier alpha value is -2.49. The first-order chi connectivity index (χ1) is 15.3. The maximum atomic E-state index is 12.9. The Morgan fingerprint density at radius 1 is 1.09 bits per heavy atom. The fourth-order valence-corrected chi connectivity index (χ4v) is 5.27. The maximum Gasteiger partial charge on any atom is 0.279 e. The summed E-state index contributed by atoms with van der Waals surface area (Å²) in [6, 6.07) is 11.7. The molecule has 0 saturated heterocycles. The van der Waals surface area contributed by atoms with E-state index >= 15 is 0 Å². The molecule has 0 aliphatic rings. The molecule has 0 saturated carbocycles. The second kappa shape index (κ2) is 10.4. The summed E-state index contributed by atoms with van der Waals surface area (Å²) in [4.78, 5) is 18.0. The third-order valence-electron chi connectivity index (χ3n) is 4.88. The highest BCUT2D eigenvalue weighted by atomic mass is 32.2. The summed E-state index contributed by atoms with van der Waals surface area (Å²) < 4.78 is 38.6. The highest BCUT2D eigenvalue weighted by Crippen LogP contribution is 2.24. The Bertz CT molecular complexity index is 1260. The van der Waals surface area contributed by atoms with Crippen LogP contribution in [0.15, 0.2) is 52.4 Å². The molecule has 2 aromatic carbocycles. The Kier molecular flexibility index (Phi) is 7.86. The molecule has 3 aromatic rings. The Labute approximate surface area is 192 Å². The summed E-state index contributed by atoms with van der Waals surface area (Å²) in [5.41, 5.74) is 1.28. The van der Waals surface area contributed by atoms with Gasteiger partial charge in [-0.05, 0) is 70.2 Å². The topological polar surface area (TPSA) is 87.0 Å². The van der Waals surface area contributed by atoms with Crippen LogP contribution in [0.3, 0.4) is 0 Å². The van der Waals surface area contributed by atoms with E-state index in [0.29, 0.717) is 36.7 Å². The van der Waals surface area contributed by atoms with Gasteiger partial charge in [0.05, 0.1) is 33.6 Å². The van der Waals surface area contributed by atoms with Crippen LogP contribution in [0.2, 0.25) is 0 Å². The first kappa shape index (κ1) is 24.2. The van der Waals surface area contributed by atoms with Crippen LogP contribution in [-0.4, -0.2) is 44.0 Å². The average Bonchev–Trinajstić information content (AvgIpc) is 3.10. The van der Waals surface area contributed by atoms with Gasteiger partial charge >= 0.3 is 0 Å². The lowest BCUT2D eigenvalue weighted by Gasteiger charge is -2.08. The molecule has 1 amide bonds. The Balaban J connectivity index is 2.00. The average molecular weight is 477 g/mol. The summed E-state index contributed by atoms with van der Waals surface area (Å²) >= 11 is 1.40. The van der Waals surface area contributed by atoms with Crippen molar-refractivity contribution in [2.75, 3.05) is 19.8 Å². The number of sulfone groups is 1. The van der Waals surface area contributed by atoms with Crippen LogP contribution >= 0.6 is 11.3 Å². The zero-order valence-electron chi connectivity index (χ0n) is 18.7. The van der Waals surface area contributed by atoms with E-state index in [4.69, 9.17) is 9.47 Å². The predicted octanol–water partition coefficient (Wildman–Crippen LogP) is 4.06. The van der Waals surface area contributed by atoms with Crippen LogP contribution < -0.4 is 9.54 Å². The van der Waals surface area contributed by atoms with Crippen LogP contribution in [0, 0.1) is 0 Å². The quantitative estimate of drug-likeness (QED) is 0.435. The van der Waals surface area contributed by atoms with E-state index in [9.17, 15) is 13.2 Å². The van der Waals surface area contributed by atoms with Gasteiger partial charge in [-0.2, -0.15) is 4.99 Å². The Morgan fingerprint density at radius 2 is 1.81 bits per heavy atom. The van der Waals surface area contributed by atoms with Crippen molar-refractivity contribution >= 4 is 37.3 Å². The van der Waals surface area contributed by atoms with E-state index < -0.39 is 21.0 Å². The van der Waals surface area contributed by atoms with Gasteiger partial charge in [0.15, 0.2) is 14.6 Å². The summed E-state index contributed by atoms with van der Waals surface area (Å²) in [6.45, 7) is 9.35. The minimum absolute atomic E-state index is 0.196. The number of ether oxygens (including phenoxy) is 2. The van der Waals surface area contributed by atoms with Gasteiger partial charge < -0.3 is 14.0 Å². The number of amides is 1. The van der Waals surface area contributed by atoms with Gasteiger partial charge in [-0.1, -0.05) is 11.3 Å². The van der Waals surface area contributed by atoms with Crippen molar-refractivity contribution in [3.8, 4) is 5.75 Å². The van der Waals surface area contributed by atoms with Crippen molar-refractivity contribution in [2.24, 2.45) is 4.99 Å². The molecule has 7 nitrogen and oxygen atoms in total. The number of carbonyl (C=O) groups is 1. The SMILES string of the molecule is CCOCCn1c(=NC(=O)c2ccc(S(=O)(=O)C(C)C)cc2)sc2cc(OCC)ccc21. The summed E-state index contributed by atoms with van der Waals surface area (Å²) in [7, 11) is -3.39. The molecule has 1 heterocycles. The largest absolute Gasteiger partial charge is 0.494 e. The summed E-state index contributed by atoms with van der Waals surface area (Å²) in [5.74, 6) is 0.332. The number of rotatable bonds is 9. The number of hydrogen-bond donors (Lipinski definition) is 0. The van der Waals surface area contributed by atoms with Gasteiger partial charge in [0.1, 0.15) is 5.75 Å².